The molecule has 0 saturated heterocycles. The Morgan fingerprint density at radius 3 is 2.82 bits per heavy atom. The zero-order valence-corrected chi connectivity index (χ0v) is 17.6. The second kappa shape index (κ2) is 9.23. The third kappa shape index (κ3) is 4.52. The van der Waals surface area contributed by atoms with Crippen LogP contribution in [0.3, 0.4) is 0 Å². The Balaban J connectivity index is 1.72. The number of rotatable bonds is 6. The summed E-state index contributed by atoms with van der Waals surface area (Å²) in [5.74, 6) is -0.687. The van der Waals surface area contributed by atoms with E-state index in [9.17, 15) is 14.4 Å². The average Bonchev–Trinajstić information content (AvgIpc) is 2.83. The third-order valence-electron chi connectivity index (χ3n) is 4.99. The van der Waals surface area contributed by atoms with Crippen LogP contribution in [0.2, 0.25) is 0 Å². The maximum atomic E-state index is 14.4. The van der Waals surface area contributed by atoms with Crippen LogP contribution in [0, 0.1) is 17.1 Å². The SMILES string of the molecule is C[C@H](Nc1ncnc(N)c1C#N)c1nc2cccc(F)c2cc1C(=O)NCc1ccccn1. The van der Waals surface area contributed by atoms with Crippen molar-refractivity contribution < 1.29 is 9.18 Å². The fourth-order valence-electron chi connectivity index (χ4n) is 3.35. The lowest BCUT2D eigenvalue weighted by molar-refractivity contribution is 0.0949. The van der Waals surface area contributed by atoms with Crippen molar-refractivity contribution in [1.82, 2.24) is 25.3 Å². The monoisotopic (exact) mass is 442 g/mol. The minimum atomic E-state index is -0.574. The van der Waals surface area contributed by atoms with Gasteiger partial charge in [-0.3, -0.25) is 9.78 Å². The number of carbonyl (C=O) groups excluding carboxylic acids is 1. The number of hydrogen-bond acceptors (Lipinski definition) is 8. The highest BCUT2D eigenvalue weighted by molar-refractivity contribution is 5.99. The molecule has 1 aromatic carbocycles. The quantitative estimate of drug-likeness (QED) is 0.413. The van der Waals surface area contributed by atoms with Crippen LogP contribution in [-0.4, -0.2) is 25.8 Å². The van der Waals surface area contributed by atoms with E-state index in [2.05, 4.69) is 30.6 Å². The molecule has 9 nitrogen and oxygen atoms in total. The number of nitrogen functional groups attached to an aromatic ring is 1. The first-order chi connectivity index (χ1) is 16.0. The predicted octanol–water partition coefficient (Wildman–Crippen LogP) is 3.12. The van der Waals surface area contributed by atoms with Crippen LogP contribution in [0.4, 0.5) is 16.0 Å². The molecule has 0 aliphatic heterocycles. The van der Waals surface area contributed by atoms with Crippen molar-refractivity contribution in [3.05, 3.63) is 83.3 Å². The standard InChI is InChI=1S/C23H19FN8O/c1-13(31-22-17(10-25)21(26)29-12-30-22)20-16(9-15-18(24)6-4-7-19(15)32-20)23(33)28-11-14-5-2-3-8-27-14/h2-9,12-13H,11H2,1H3,(H,28,33)(H3,26,29,30,31)/t13-/m0/s1. The van der Waals surface area contributed by atoms with Crippen LogP contribution >= 0.6 is 0 Å². The molecular weight excluding hydrogens is 423 g/mol. The molecule has 3 aromatic heterocycles. The van der Waals surface area contributed by atoms with Crippen LogP contribution in [0.1, 0.15) is 40.3 Å². The predicted molar refractivity (Wildman–Crippen MR) is 120 cm³/mol. The van der Waals surface area contributed by atoms with E-state index in [1.54, 1.807) is 37.4 Å². The molecule has 0 aliphatic carbocycles. The molecule has 1 atom stereocenters. The maximum Gasteiger partial charge on any atom is 0.253 e. The van der Waals surface area contributed by atoms with E-state index in [4.69, 9.17) is 5.73 Å². The number of nitrogens with two attached hydrogens (primary N) is 1. The van der Waals surface area contributed by atoms with E-state index in [1.165, 1.54) is 18.5 Å². The van der Waals surface area contributed by atoms with Gasteiger partial charge in [0.1, 0.15) is 35.4 Å². The van der Waals surface area contributed by atoms with Crippen LogP contribution < -0.4 is 16.4 Å². The van der Waals surface area contributed by atoms with Gasteiger partial charge < -0.3 is 16.4 Å². The number of fused-ring (bicyclic) bond motifs is 1. The van der Waals surface area contributed by atoms with Gasteiger partial charge >= 0.3 is 0 Å². The largest absolute Gasteiger partial charge is 0.382 e. The molecule has 0 unspecified atom stereocenters. The molecule has 4 N–H and O–H groups in total. The first-order valence-electron chi connectivity index (χ1n) is 10.0. The molecule has 4 aromatic rings. The van der Waals surface area contributed by atoms with E-state index in [0.717, 1.165) is 0 Å². The first-order valence-corrected chi connectivity index (χ1v) is 10.0. The number of amides is 1. The maximum absolute atomic E-state index is 14.4. The lowest BCUT2D eigenvalue weighted by atomic mass is 10.0. The van der Waals surface area contributed by atoms with Crippen LogP contribution in [0.15, 0.2) is 55.0 Å². The number of hydrogen-bond donors (Lipinski definition) is 3. The van der Waals surface area contributed by atoms with Gasteiger partial charge in [0.2, 0.25) is 0 Å². The van der Waals surface area contributed by atoms with Crippen molar-refractivity contribution in [1.29, 1.82) is 5.26 Å². The number of aromatic nitrogens is 4. The number of carbonyl (C=O) groups is 1. The highest BCUT2D eigenvalue weighted by Gasteiger charge is 2.22. The third-order valence-corrected chi connectivity index (χ3v) is 4.99. The molecule has 0 spiro atoms. The van der Waals surface area contributed by atoms with Gasteiger partial charge in [0.25, 0.3) is 5.91 Å². The summed E-state index contributed by atoms with van der Waals surface area (Å²) in [6.07, 6.45) is 2.86. The normalized spacial score (nSPS) is 11.5. The van der Waals surface area contributed by atoms with Gasteiger partial charge in [0.15, 0.2) is 0 Å². The number of nitrogens with zero attached hydrogens (tertiary/aromatic N) is 5. The molecule has 4 rings (SSSR count). The summed E-state index contributed by atoms with van der Waals surface area (Å²) in [4.78, 5) is 29.7. The molecule has 164 valence electrons. The van der Waals surface area contributed by atoms with Gasteiger partial charge in [-0.15, -0.1) is 0 Å². The van der Waals surface area contributed by atoms with Crippen molar-refractivity contribution >= 4 is 28.4 Å². The molecule has 10 heteroatoms. The first kappa shape index (κ1) is 21.6. The molecule has 0 saturated carbocycles. The lowest BCUT2D eigenvalue weighted by Gasteiger charge is -2.19. The van der Waals surface area contributed by atoms with Gasteiger partial charge in [0, 0.05) is 11.6 Å². The van der Waals surface area contributed by atoms with E-state index in [0.29, 0.717) is 16.9 Å². The fourth-order valence-corrected chi connectivity index (χ4v) is 3.35. The summed E-state index contributed by atoms with van der Waals surface area (Å²) < 4.78 is 14.4. The zero-order chi connectivity index (χ0) is 23.4. The molecular formula is C23H19FN8O. The van der Waals surface area contributed by atoms with Crippen LogP contribution in [0.5, 0.6) is 0 Å². The summed E-state index contributed by atoms with van der Waals surface area (Å²) in [7, 11) is 0. The Hall–Kier alpha value is -4.65. The number of nitrogens with one attached hydrogen (secondary N) is 2. The van der Waals surface area contributed by atoms with Gasteiger partial charge in [0.05, 0.1) is 35.1 Å². The topological polar surface area (TPSA) is 142 Å². The Morgan fingerprint density at radius 1 is 1.21 bits per heavy atom. The van der Waals surface area contributed by atoms with Crippen molar-refractivity contribution in [3.63, 3.8) is 0 Å². The lowest BCUT2D eigenvalue weighted by Crippen LogP contribution is -2.26. The highest BCUT2D eigenvalue weighted by atomic mass is 19.1. The Labute approximate surface area is 188 Å². The molecule has 0 bridgehead atoms. The molecule has 3 heterocycles. The second-order valence-electron chi connectivity index (χ2n) is 7.19. The van der Waals surface area contributed by atoms with E-state index >= 15 is 0 Å². The number of anilines is 2. The summed E-state index contributed by atoms with van der Waals surface area (Å²) in [6.45, 7) is 1.94. The average molecular weight is 442 g/mol. The van der Waals surface area contributed by atoms with Crippen molar-refractivity contribution in [3.8, 4) is 6.07 Å². The van der Waals surface area contributed by atoms with Gasteiger partial charge in [-0.25, -0.2) is 19.3 Å². The van der Waals surface area contributed by atoms with E-state index < -0.39 is 17.8 Å². The Kier molecular flexibility index (Phi) is 6.04. The zero-order valence-electron chi connectivity index (χ0n) is 17.6. The smallest absolute Gasteiger partial charge is 0.253 e. The molecule has 0 radical (unpaired) electrons. The second-order valence-corrected chi connectivity index (χ2v) is 7.19. The molecule has 33 heavy (non-hydrogen) atoms. The number of nitriles is 1. The number of pyridine rings is 2. The number of halogens is 1. The summed E-state index contributed by atoms with van der Waals surface area (Å²) in [6, 6.07) is 12.8. The minimum absolute atomic E-state index is 0.0315. The molecule has 0 fully saturated rings. The van der Waals surface area contributed by atoms with E-state index in [1.807, 2.05) is 12.1 Å². The van der Waals surface area contributed by atoms with Gasteiger partial charge in [-0.05, 0) is 37.3 Å². The number of benzene rings is 1. The molecule has 0 aliphatic rings. The van der Waals surface area contributed by atoms with Crippen molar-refractivity contribution in [2.24, 2.45) is 0 Å². The summed E-state index contributed by atoms with van der Waals surface area (Å²) in [5.41, 5.74) is 7.45. The summed E-state index contributed by atoms with van der Waals surface area (Å²) >= 11 is 0. The molecule has 1 amide bonds. The van der Waals surface area contributed by atoms with Crippen molar-refractivity contribution in [2.75, 3.05) is 11.1 Å². The van der Waals surface area contributed by atoms with Crippen LogP contribution in [0.25, 0.3) is 10.9 Å². The van der Waals surface area contributed by atoms with Gasteiger partial charge in [-0.2, -0.15) is 5.26 Å². The minimum Gasteiger partial charge on any atom is -0.382 e. The Bertz CT molecular complexity index is 1370. The van der Waals surface area contributed by atoms with Crippen LogP contribution in [-0.2, 0) is 6.54 Å². The van der Waals surface area contributed by atoms with Crippen molar-refractivity contribution in [2.45, 2.75) is 19.5 Å². The fraction of sp³-hybridized carbons (Fsp3) is 0.130. The Morgan fingerprint density at radius 2 is 2.06 bits per heavy atom. The summed E-state index contributed by atoms with van der Waals surface area (Å²) in [5, 5.41) is 15.5. The van der Waals surface area contributed by atoms with E-state index in [-0.39, 0.29) is 34.7 Å². The van der Waals surface area contributed by atoms with Gasteiger partial charge in [-0.1, -0.05) is 12.1 Å². The highest BCUT2D eigenvalue weighted by Crippen LogP contribution is 2.27.